The Bertz CT molecular complexity index is 371. The van der Waals surface area contributed by atoms with E-state index in [1.165, 1.54) is 25.7 Å². The molecule has 0 amide bonds. The van der Waals surface area contributed by atoms with E-state index in [2.05, 4.69) is 0 Å². The first-order chi connectivity index (χ1) is 8.78. The standard InChI is InChI=1S/C15H23NO2/c1-2-17-14-9-12(16)10-15(11-14)18-13-7-5-3-4-6-8-13/h9-11,13H,2-8,16H2,1H3. The topological polar surface area (TPSA) is 44.5 Å². The van der Waals surface area contributed by atoms with Crippen LogP contribution in [0.25, 0.3) is 0 Å². The Balaban J connectivity index is 2.02. The number of anilines is 1. The summed E-state index contributed by atoms with van der Waals surface area (Å²) in [5.74, 6) is 1.63. The second kappa shape index (κ2) is 6.53. The minimum Gasteiger partial charge on any atom is -0.494 e. The molecular weight excluding hydrogens is 226 g/mol. The van der Waals surface area contributed by atoms with Gasteiger partial charge in [-0.25, -0.2) is 0 Å². The number of ether oxygens (including phenoxy) is 2. The zero-order chi connectivity index (χ0) is 12.8. The van der Waals surface area contributed by atoms with E-state index in [1.54, 1.807) is 0 Å². The van der Waals surface area contributed by atoms with Crippen LogP contribution in [-0.4, -0.2) is 12.7 Å². The van der Waals surface area contributed by atoms with Crippen LogP contribution in [0.1, 0.15) is 45.4 Å². The van der Waals surface area contributed by atoms with Gasteiger partial charge in [-0.3, -0.25) is 0 Å². The summed E-state index contributed by atoms with van der Waals surface area (Å²) >= 11 is 0. The number of hydrogen-bond donors (Lipinski definition) is 1. The maximum Gasteiger partial charge on any atom is 0.125 e. The monoisotopic (exact) mass is 249 g/mol. The van der Waals surface area contributed by atoms with Gasteiger partial charge in [-0.05, 0) is 32.6 Å². The Morgan fingerprint density at radius 2 is 1.72 bits per heavy atom. The van der Waals surface area contributed by atoms with Gasteiger partial charge in [-0.1, -0.05) is 12.8 Å². The van der Waals surface area contributed by atoms with Crippen LogP contribution in [0.15, 0.2) is 18.2 Å². The molecule has 0 heterocycles. The third-order valence-electron chi connectivity index (χ3n) is 3.32. The first kappa shape index (κ1) is 13.1. The van der Waals surface area contributed by atoms with Gasteiger partial charge in [0, 0.05) is 23.9 Å². The molecule has 0 unspecified atom stereocenters. The normalized spacial score (nSPS) is 17.2. The summed E-state index contributed by atoms with van der Waals surface area (Å²) in [4.78, 5) is 0. The molecule has 1 aromatic rings. The molecule has 1 saturated carbocycles. The first-order valence-electron chi connectivity index (χ1n) is 6.98. The van der Waals surface area contributed by atoms with E-state index < -0.39 is 0 Å². The molecule has 0 saturated heterocycles. The predicted octanol–water partition coefficient (Wildman–Crippen LogP) is 3.77. The molecule has 0 spiro atoms. The molecule has 3 nitrogen and oxygen atoms in total. The molecule has 1 aliphatic carbocycles. The Morgan fingerprint density at radius 3 is 2.39 bits per heavy atom. The van der Waals surface area contributed by atoms with Gasteiger partial charge in [0.2, 0.25) is 0 Å². The summed E-state index contributed by atoms with van der Waals surface area (Å²) in [6, 6.07) is 5.65. The minimum absolute atomic E-state index is 0.337. The van der Waals surface area contributed by atoms with Gasteiger partial charge in [0.15, 0.2) is 0 Å². The van der Waals surface area contributed by atoms with Crippen molar-refractivity contribution in [2.24, 2.45) is 0 Å². The van der Waals surface area contributed by atoms with Crippen molar-refractivity contribution in [3.8, 4) is 11.5 Å². The SMILES string of the molecule is CCOc1cc(N)cc(OC2CCCCCC2)c1. The highest BCUT2D eigenvalue weighted by atomic mass is 16.5. The number of hydrogen-bond acceptors (Lipinski definition) is 3. The quantitative estimate of drug-likeness (QED) is 0.652. The lowest BCUT2D eigenvalue weighted by Crippen LogP contribution is -2.15. The van der Waals surface area contributed by atoms with E-state index in [9.17, 15) is 0 Å². The van der Waals surface area contributed by atoms with Gasteiger partial charge < -0.3 is 15.2 Å². The molecular formula is C15H23NO2. The molecule has 0 aliphatic heterocycles. The molecule has 1 aliphatic rings. The van der Waals surface area contributed by atoms with Crippen LogP contribution in [0.5, 0.6) is 11.5 Å². The molecule has 0 aromatic heterocycles. The first-order valence-corrected chi connectivity index (χ1v) is 6.98. The Hall–Kier alpha value is -1.38. The lowest BCUT2D eigenvalue weighted by molar-refractivity contribution is 0.183. The summed E-state index contributed by atoms with van der Waals surface area (Å²) in [5.41, 5.74) is 6.56. The van der Waals surface area contributed by atoms with Gasteiger partial charge >= 0.3 is 0 Å². The summed E-state index contributed by atoms with van der Waals surface area (Å²) in [6.07, 6.45) is 7.85. The smallest absolute Gasteiger partial charge is 0.125 e. The molecule has 1 fully saturated rings. The molecule has 2 rings (SSSR count). The van der Waals surface area contributed by atoms with Crippen molar-refractivity contribution in [3.63, 3.8) is 0 Å². The molecule has 18 heavy (non-hydrogen) atoms. The summed E-state index contributed by atoms with van der Waals surface area (Å²) < 4.78 is 11.5. The zero-order valence-corrected chi connectivity index (χ0v) is 11.2. The van der Waals surface area contributed by atoms with Crippen LogP contribution >= 0.6 is 0 Å². The minimum atomic E-state index is 0.337. The third-order valence-corrected chi connectivity index (χ3v) is 3.32. The van der Waals surface area contributed by atoms with E-state index in [4.69, 9.17) is 15.2 Å². The average molecular weight is 249 g/mol. The van der Waals surface area contributed by atoms with E-state index in [1.807, 2.05) is 25.1 Å². The highest BCUT2D eigenvalue weighted by Crippen LogP contribution is 2.28. The third kappa shape index (κ3) is 3.83. The largest absolute Gasteiger partial charge is 0.494 e. The van der Waals surface area contributed by atoms with E-state index in [0.29, 0.717) is 18.4 Å². The molecule has 100 valence electrons. The Kier molecular flexibility index (Phi) is 4.73. The molecule has 0 atom stereocenters. The van der Waals surface area contributed by atoms with Crippen LogP contribution in [0.4, 0.5) is 5.69 Å². The second-order valence-electron chi connectivity index (χ2n) is 4.90. The van der Waals surface area contributed by atoms with Crippen LogP contribution in [-0.2, 0) is 0 Å². The predicted molar refractivity (Wildman–Crippen MR) is 74.1 cm³/mol. The molecule has 2 N–H and O–H groups in total. The lowest BCUT2D eigenvalue weighted by atomic mass is 10.1. The maximum absolute atomic E-state index is 6.04. The van der Waals surface area contributed by atoms with Crippen molar-refractivity contribution in [1.29, 1.82) is 0 Å². The van der Waals surface area contributed by atoms with Crippen LogP contribution < -0.4 is 15.2 Å². The van der Waals surface area contributed by atoms with Crippen molar-refractivity contribution < 1.29 is 9.47 Å². The van der Waals surface area contributed by atoms with E-state index in [-0.39, 0.29) is 0 Å². The fourth-order valence-corrected chi connectivity index (χ4v) is 2.46. The molecule has 1 aromatic carbocycles. The summed E-state index contributed by atoms with van der Waals surface area (Å²) in [6.45, 7) is 2.61. The van der Waals surface area contributed by atoms with Crippen LogP contribution in [0, 0.1) is 0 Å². The second-order valence-corrected chi connectivity index (χ2v) is 4.90. The highest BCUT2D eigenvalue weighted by molar-refractivity contribution is 5.50. The van der Waals surface area contributed by atoms with Crippen molar-refractivity contribution in [1.82, 2.24) is 0 Å². The number of nitrogens with two attached hydrogens (primary N) is 1. The molecule has 0 bridgehead atoms. The number of nitrogen functional groups attached to an aromatic ring is 1. The van der Waals surface area contributed by atoms with E-state index in [0.717, 1.165) is 24.3 Å². The van der Waals surface area contributed by atoms with Gasteiger partial charge in [-0.2, -0.15) is 0 Å². The zero-order valence-electron chi connectivity index (χ0n) is 11.2. The summed E-state index contributed by atoms with van der Waals surface area (Å²) in [5, 5.41) is 0. The highest BCUT2D eigenvalue weighted by Gasteiger charge is 2.14. The van der Waals surface area contributed by atoms with Crippen molar-refractivity contribution in [2.75, 3.05) is 12.3 Å². The lowest BCUT2D eigenvalue weighted by Gasteiger charge is -2.18. The maximum atomic E-state index is 6.04. The van der Waals surface area contributed by atoms with Gasteiger partial charge in [0.25, 0.3) is 0 Å². The van der Waals surface area contributed by atoms with Gasteiger partial charge in [0.1, 0.15) is 11.5 Å². The number of rotatable bonds is 4. The fraction of sp³-hybridized carbons (Fsp3) is 0.600. The fourth-order valence-electron chi connectivity index (χ4n) is 2.46. The van der Waals surface area contributed by atoms with Crippen molar-refractivity contribution >= 4 is 5.69 Å². The van der Waals surface area contributed by atoms with E-state index >= 15 is 0 Å². The van der Waals surface area contributed by atoms with Crippen molar-refractivity contribution in [2.45, 2.75) is 51.6 Å². The van der Waals surface area contributed by atoms with Crippen molar-refractivity contribution in [3.05, 3.63) is 18.2 Å². The van der Waals surface area contributed by atoms with Crippen LogP contribution in [0.3, 0.4) is 0 Å². The summed E-state index contributed by atoms with van der Waals surface area (Å²) in [7, 11) is 0. The van der Waals surface area contributed by atoms with Gasteiger partial charge in [0.05, 0.1) is 12.7 Å². The molecule has 0 radical (unpaired) electrons. The molecule has 3 heteroatoms. The Morgan fingerprint density at radius 1 is 1.06 bits per heavy atom. The Labute approximate surface area is 109 Å². The van der Waals surface area contributed by atoms with Gasteiger partial charge in [-0.15, -0.1) is 0 Å². The van der Waals surface area contributed by atoms with Crippen LogP contribution in [0.2, 0.25) is 0 Å². The average Bonchev–Trinajstić information content (AvgIpc) is 2.57. The number of benzene rings is 1.